The number of rotatable bonds is 7. The number of pyridine rings is 1. The number of benzene rings is 2. The van der Waals surface area contributed by atoms with Crippen molar-refractivity contribution >= 4 is 22.7 Å². The third-order valence-electron chi connectivity index (χ3n) is 4.35. The second kappa shape index (κ2) is 8.94. The van der Waals surface area contributed by atoms with Crippen LogP contribution in [0.1, 0.15) is 41.7 Å². The highest BCUT2D eigenvalue weighted by Crippen LogP contribution is 2.16. The molecule has 0 radical (unpaired) electrons. The van der Waals surface area contributed by atoms with Gasteiger partial charge in [0.1, 0.15) is 0 Å². The zero-order chi connectivity index (χ0) is 19.1. The van der Waals surface area contributed by atoms with Gasteiger partial charge in [0.05, 0.1) is 11.6 Å². The topological polar surface area (TPSA) is 71.1 Å². The van der Waals surface area contributed by atoms with Crippen molar-refractivity contribution in [3.63, 3.8) is 0 Å². The number of hydrogen-bond acceptors (Lipinski definition) is 3. The second-order valence-corrected chi connectivity index (χ2v) is 6.40. The Hall–Kier alpha value is -3.21. The number of nitrogens with zero attached hydrogens (tertiary/aromatic N) is 1. The van der Waals surface area contributed by atoms with Gasteiger partial charge in [-0.3, -0.25) is 14.6 Å². The first-order chi connectivity index (χ1) is 13.2. The molecule has 0 aliphatic heterocycles. The van der Waals surface area contributed by atoms with E-state index < -0.39 is 0 Å². The van der Waals surface area contributed by atoms with Gasteiger partial charge in [0.25, 0.3) is 5.91 Å². The van der Waals surface area contributed by atoms with Crippen LogP contribution in [0.4, 0.5) is 0 Å². The molecule has 1 atom stereocenters. The summed E-state index contributed by atoms with van der Waals surface area (Å²) < 4.78 is 0. The monoisotopic (exact) mass is 361 g/mol. The maximum absolute atomic E-state index is 12.8. The minimum Gasteiger partial charge on any atom is -0.354 e. The molecule has 2 N–H and O–H groups in total. The summed E-state index contributed by atoms with van der Waals surface area (Å²) in [4.78, 5) is 28.9. The number of amides is 2. The minimum absolute atomic E-state index is 0.00976. The molecule has 27 heavy (non-hydrogen) atoms. The Morgan fingerprint density at radius 2 is 1.85 bits per heavy atom. The second-order valence-electron chi connectivity index (χ2n) is 6.40. The Labute approximate surface area is 158 Å². The van der Waals surface area contributed by atoms with Crippen LogP contribution < -0.4 is 10.6 Å². The van der Waals surface area contributed by atoms with E-state index in [1.165, 1.54) is 0 Å². The maximum Gasteiger partial charge on any atom is 0.251 e. The summed E-state index contributed by atoms with van der Waals surface area (Å²) in [5, 5.41) is 6.86. The summed E-state index contributed by atoms with van der Waals surface area (Å²) in [6.07, 6.45) is 3.00. The van der Waals surface area contributed by atoms with Gasteiger partial charge in [-0.1, -0.05) is 43.3 Å². The van der Waals surface area contributed by atoms with Crippen molar-refractivity contribution in [2.24, 2.45) is 0 Å². The number of carbonyl (C=O) groups is 2. The Morgan fingerprint density at radius 3 is 2.63 bits per heavy atom. The summed E-state index contributed by atoms with van der Waals surface area (Å²) in [7, 11) is 0. The van der Waals surface area contributed by atoms with Crippen LogP contribution in [-0.2, 0) is 4.79 Å². The van der Waals surface area contributed by atoms with Crippen LogP contribution in [-0.4, -0.2) is 23.3 Å². The predicted octanol–water partition coefficient (Wildman–Crippen LogP) is 3.62. The lowest BCUT2D eigenvalue weighted by atomic mass is 10.1. The number of hydrogen-bond donors (Lipinski definition) is 2. The van der Waals surface area contributed by atoms with Gasteiger partial charge in [-0.05, 0) is 36.2 Å². The van der Waals surface area contributed by atoms with Crippen molar-refractivity contribution in [2.45, 2.75) is 25.8 Å². The van der Waals surface area contributed by atoms with Crippen LogP contribution >= 0.6 is 0 Å². The van der Waals surface area contributed by atoms with E-state index in [0.717, 1.165) is 22.9 Å². The van der Waals surface area contributed by atoms with Crippen LogP contribution in [0, 0.1) is 0 Å². The molecular weight excluding hydrogens is 338 g/mol. The molecule has 3 aromatic rings. The van der Waals surface area contributed by atoms with Crippen molar-refractivity contribution in [1.29, 1.82) is 0 Å². The highest BCUT2D eigenvalue weighted by Gasteiger charge is 2.17. The minimum atomic E-state index is -0.302. The van der Waals surface area contributed by atoms with Crippen LogP contribution in [0.15, 0.2) is 66.9 Å². The van der Waals surface area contributed by atoms with Gasteiger partial charge in [0.15, 0.2) is 0 Å². The molecule has 0 saturated carbocycles. The molecule has 0 bridgehead atoms. The molecule has 2 aromatic carbocycles. The SMILES string of the molecule is CCCC(=O)NCC(NC(=O)c1ccc2ncccc2c1)c1ccccc1. The highest BCUT2D eigenvalue weighted by atomic mass is 16.2. The summed E-state index contributed by atoms with van der Waals surface area (Å²) >= 11 is 0. The summed E-state index contributed by atoms with van der Waals surface area (Å²) in [5.41, 5.74) is 2.36. The molecule has 0 aliphatic rings. The highest BCUT2D eigenvalue weighted by molar-refractivity contribution is 5.98. The molecule has 138 valence electrons. The molecular formula is C22H23N3O2. The Balaban J connectivity index is 1.77. The summed E-state index contributed by atoms with van der Waals surface area (Å²) in [5.74, 6) is -0.191. The van der Waals surface area contributed by atoms with Crippen molar-refractivity contribution in [3.8, 4) is 0 Å². The van der Waals surface area contributed by atoms with E-state index in [2.05, 4.69) is 15.6 Å². The van der Waals surface area contributed by atoms with Gasteiger partial charge >= 0.3 is 0 Å². The van der Waals surface area contributed by atoms with Crippen molar-refractivity contribution in [3.05, 3.63) is 78.0 Å². The fourth-order valence-electron chi connectivity index (χ4n) is 2.93. The van der Waals surface area contributed by atoms with Crippen LogP contribution in [0.2, 0.25) is 0 Å². The lowest BCUT2D eigenvalue weighted by Gasteiger charge is -2.20. The molecule has 5 heteroatoms. The van der Waals surface area contributed by atoms with Gasteiger partial charge in [-0.2, -0.15) is 0 Å². The first kappa shape index (κ1) is 18.6. The third-order valence-corrected chi connectivity index (χ3v) is 4.35. The predicted molar refractivity (Wildman–Crippen MR) is 106 cm³/mol. The van der Waals surface area contributed by atoms with E-state index in [9.17, 15) is 9.59 Å². The number of nitrogens with one attached hydrogen (secondary N) is 2. The smallest absolute Gasteiger partial charge is 0.251 e. The molecule has 0 saturated heterocycles. The zero-order valence-corrected chi connectivity index (χ0v) is 15.3. The van der Waals surface area contributed by atoms with Crippen LogP contribution in [0.25, 0.3) is 10.9 Å². The van der Waals surface area contributed by atoms with E-state index in [0.29, 0.717) is 18.5 Å². The van der Waals surface area contributed by atoms with Gasteiger partial charge in [0, 0.05) is 30.1 Å². The van der Waals surface area contributed by atoms with Gasteiger partial charge < -0.3 is 10.6 Å². The Morgan fingerprint density at radius 1 is 1.04 bits per heavy atom. The number of aromatic nitrogens is 1. The molecule has 0 spiro atoms. The van der Waals surface area contributed by atoms with Crippen LogP contribution in [0.3, 0.4) is 0 Å². The average molecular weight is 361 g/mol. The van der Waals surface area contributed by atoms with Gasteiger partial charge in [-0.25, -0.2) is 0 Å². The molecule has 3 rings (SSSR count). The van der Waals surface area contributed by atoms with Crippen molar-refractivity contribution in [2.75, 3.05) is 6.54 Å². The van der Waals surface area contributed by atoms with Gasteiger partial charge in [-0.15, -0.1) is 0 Å². The molecule has 5 nitrogen and oxygen atoms in total. The molecule has 0 fully saturated rings. The van der Waals surface area contributed by atoms with Gasteiger partial charge in [0.2, 0.25) is 5.91 Å². The van der Waals surface area contributed by atoms with Crippen molar-refractivity contribution in [1.82, 2.24) is 15.6 Å². The molecule has 1 unspecified atom stereocenters. The van der Waals surface area contributed by atoms with Crippen molar-refractivity contribution < 1.29 is 9.59 Å². The number of fused-ring (bicyclic) bond motifs is 1. The first-order valence-corrected chi connectivity index (χ1v) is 9.14. The average Bonchev–Trinajstić information content (AvgIpc) is 2.71. The maximum atomic E-state index is 12.8. The first-order valence-electron chi connectivity index (χ1n) is 9.14. The van der Waals surface area contributed by atoms with E-state index in [1.807, 2.05) is 61.5 Å². The lowest BCUT2D eigenvalue weighted by molar-refractivity contribution is -0.121. The third kappa shape index (κ3) is 4.91. The quantitative estimate of drug-likeness (QED) is 0.675. The molecule has 0 aliphatic carbocycles. The largest absolute Gasteiger partial charge is 0.354 e. The summed E-state index contributed by atoms with van der Waals surface area (Å²) in [6, 6.07) is 18.6. The van der Waals surface area contributed by atoms with E-state index in [1.54, 1.807) is 12.3 Å². The normalized spacial score (nSPS) is 11.7. The standard InChI is InChI=1S/C22H23N3O2/c1-2-7-21(26)24-15-20(16-8-4-3-5-9-16)25-22(27)18-11-12-19-17(14-18)10-6-13-23-19/h3-6,8-14,20H,2,7,15H2,1H3,(H,24,26)(H,25,27). The van der Waals surface area contributed by atoms with E-state index in [-0.39, 0.29) is 17.9 Å². The zero-order valence-electron chi connectivity index (χ0n) is 15.3. The number of carbonyl (C=O) groups excluding carboxylic acids is 2. The van der Waals surface area contributed by atoms with Crippen LogP contribution in [0.5, 0.6) is 0 Å². The van der Waals surface area contributed by atoms with E-state index in [4.69, 9.17) is 0 Å². The Kier molecular flexibility index (Phi) is 6.15. The van der Waals surface area contributed by atoms with E-state index >= 15 is 0 Å². The fraction of sp³-hybridized carbons (Fsp3) is 0.227. The molecule has 2 amide bonds. The Bertz CT molecular complexity index is 925. The summed E-state index contributed by atoms with van der Waals surface area (Å²) in [6.45, 7) is 2.31. The molecule has 1 heterocycles. The lowest BCUT2D eigenvalue weighted by Crippen LogP contribution is -2.37. The molecule has 1 aromatic heterocycles. The fourth-order valence-corrected chi connectivity index (χ4v) is 2.93.